The summed E-state index contributed by atoms with van der Waals surface area (Å²) >= 11 is 18.1. The van der Waals surface area contributed by atoms with E-state index in [0.717, 1.165) is 11.3 Å². The summed E-state index contributed by atoms with van der Waals surface area (Å²) in [7, 11) is 0. The van der Waals surface area contributed by atoms with Gasteiger partial charge in [0, 0.05) is 10.7 Å². The molecule has 0 aliphatic carbocycles. The van der Waals surface area contributed by atoms with Crippen molar-refractivity contribution >= 4 is 52.1 Å². The minimum atomic E-state index is 0.341. The van der Waals surface area contributed by atoms with Crippen LogP contribution in [0, 0.1) is 6.92 Å². The van der Waals surface area contributed by atoms with Gasteiger partial charge in [-0.15, -0.1) is 0 Å². The van der Waals surface area contributed by atoms with Crippen molar-refractivity contribution in [2.45, 2.75) is 6.92 Å². The third-order valence-corrected chi connectivity index (χ3v) is 3.57. The number of aromatic nitrogens is 1. The summed E-state index contributed by atoms with van der Waals surface area (Å²) in [5.41, 5.74) is 4.12. The fourth-order valence-electron chi connectivity index (χ4n) is 1.53. The molecular weight excluding hydrogens is 307 g/mol. The molecule has 19 heavy (non-hydrogen) atoms. The molecule has 7 heteroatoms. The Hall–Kier alpha value is -1.20. The minimum Gasteiger partial charge on any atom is -0.339 e. The van der Waals surface area contributed by atoms with Crippen LogP contribution in [0.25, 0.3) is 0 Å². The molecule has 0 bridgehead atoms. The summed E-state index contributed by atoms with van der Waals surface area (Å²) in [5.74, 6) is 6.12. The van der Waals surface area contributed by atoms with E-state index in [9.17, 15) is 0 Å². The highest BCUT2D eigenvalue weighted by Crippen LogP contribution is 2.32. The number of halogens is 3. The molecule has 4 N–H and O–H groups in total. The maximum Gasteiger partial charge on any atom is 0.161 e. The fraction of sp³-hybridized carbons (Fsp3) is 0.0833. The average molecular weight is 318 g/mol. The van der Waals surface area contributed by atoms with Crippen LogP contribution in [0.5, 0.6) is 0 Å². The molecule has 0 saturated heterocycles. The van der Waals surface area contributed by atoms with Gasteiger partial charge in [0.15, 0.2) is 11.6 Å². The second-order valence-corrected chi connectivity index (χ2v) is 5.05. The first-order chi connectivity index (χ1) is 9.02. The first kappa shape index (κ1) is 14.2. The lowest BCUT2D eigenvalue weighted by Crippen LogP contribution is -2.10. The van der Waals surface area contributed by atoms with Gasteiger partial charge in [0.25, 0.3) is 0 Å². The van der Waals surface area contributed by atoms with Crippen molar-refractivity contribution in [1.82, 2.24) is 4.98 Å². The normalized spacial score (nSPS) is 10.4. The zero-order valence-corrected chi connectivity index (χ0v) is 12.2. The van der Waals surface area contributed by atoms with Crippen molar-refractivity contribution < 1.29 is 0 Å². The summed E-state index contributed by atoms with van der Waals surface area (Å²) in [6.07, 6.45) is 0. The Morgan fingerprint density at radius 2 is 1.74 bits per heavy atom. The number of nitrogens with zero attached hydrogens (tertiary/aromatic N) is 1. The van der Waals surface area contributed by atoms with Gasteiger partial charge < -0.3 is 10.7 Å². The number of nitrogens with two attached hydrogens (primary N) is 1. The molecule has 2 aromatic rings. The maximum absolute atomic E-state index is 6.09. The molecule has 0 unspecified atom stereocenters. The Morgan fingerprint density at radius 3 is 2.42 bits per heavy atom. The molecule has 2 rings (SSSR count). The maximum atomic E-state index is 6.09. The van der Waals surface area contributed by atoms with Crippen LogP contribution in [-0.4, -0.2) is 4.98 Å². The lowest BCUT2D eigenvalue weighted by atomic mass is 10.2. The molecule has 0 spiro atoms. The summed E-state index contributed by atoms with van der Waals surface area (Å²) in [4.78, 5) is 4.20. The molecule has 1 aromatic carbocycles. The second kappa shape index (κ2) is 5.84. The van der Waals surface area contributed by atoms with Gasteiger partial charge in [0.2, 0.25) is 0 Å². The zero-order valence-electron chi connectivity index (χ0n) is 9.97. The topological polar surface area (TPSA) is 63.0 Å². The van der Waals surface area contributed by atoms with E-state index >= 15 is 0 Å². The number of pyridine rings is 1. The third-order valence-electron chi connectivity index (χ3n) is 2.59. The predicted octanol–water partition coefficient (Wildman–Crippen LogP) is 4.38. The summed E-state index contributed by atoms with van der Waals surface area (Å²) < 4.78 is 0. The number of nitrogen functional groups attached to an aromatic ring is 1. The Balaban J connectivity index is 2.41. The zero-order chi connectivity index (χ0) is 14.0. The molecule has 0 saturated carbocycles. The van der Waals surface area contributed by atoms with E-state index in [-0.39, 0.29) is 0 Å². The number of benzene rings is 1. The van der Waals surface area contributed by atoms with Crippen molar-refractivity contribution in [3.05, 3.63) is 44.9 Å². The van der Waals surface area contributed by atoms with Crippen LogP contribution in [-0.2, 0) is 0 Å². The van der Waals surface area contributed by atoms with Gasteiger partial charge in [-0.05, 0) is 30.7 Å². The van der Waals surface area contributed by atoms with Crippen molar-refractivity contribution in [3.8, 4) is 0 Å². The Bertz CT molecular complexity index is 616. The lowest BCUT2D eigenvalue weighted by Gasteiger charge is -2.13. The minimum absolute atomic E-state index is 0.341. The summed E-state index contributed by atoms with van der Waals surface area (Å²) in [6.45, 7) is 1.90. The largest absolute Gasteiger partial charge is 0.339 e. The van der Waals surface area contributed by atoms with Gasteiger partial charge in [0.1, 0.15) is 0 Å². The molecule has 1 aromatic heterocycles. The molecule has 0 amide bonds. The molecule has 0 fully saturated rings. The molecule has 1 heterocycles. The van der Waals surface area contributed by atoms with Gasteiger partial charge in [-0.2, -0.15) is 0 Å². The van der Waals surface area contributed by atoms with Crippen molar-refractivity contribution in [1.29, 1.82) is 0 Å². The molecular formula is C12H11Cl3N4. The summed E-state index contributed by atoms with van der Waals surface area (Å²) in [5, 5.41) is 4.50. The molecule has 0 radical (unpaired) electrons. The van der Waals surface area contributed by atoms with Gasteiger partial charge in [-0.1, -0.05) is 40.9 Å². The van der Waals surface area contributed by atoms with Crippen molar-refractivity contribution in [2.24, 2.45) is 5.84 Å². The Morgan fingerprint density at radius 1 is 1.05 bits per heavy atom. The third kappa shape index (κ3) is 3.04. The van der Waals surface area contributed by atoms with E-state index in [4.69, 9.17) is 40.6 Å². The molecule has 0 aliphatic rings. The highest BCUT2D eigenvalue weighted by Gasteiger charge is 2.10. The van der Waals surface area contributed by atoms with E-state index in [2.05, 4.69) is 15.7 Å². The average Bonchev–Trinajstić information content (AvgIpc) is 2.38. The number of nitrogens with one attached hydrogen (secondary N) is 2. The van der Waals surface area contributed by atoms with Gasteiger partial charge in [-0.25, -0.2) is 10.8 Å². The molecule has 4 nitrogen and oxygen atoms in total. The molecule has 100 valence electrons. The van der Waals surface area contributed by atoms with Crippen LogP contribution in [0.1, 0.15) is 5.56 Å². The highest BCUT2D eigenvalue weighted by atomic mass is 35.5. The van der Waals surface area contributed by atoms with Crippen LogP contribution in [0.3, 0.4) is 0 Å². The lowest BCUT2D eigenvalue weighted by molar-refractivity contribution is 1.22. The predicted molar refractivity (Wildman–Crippen MR) is 81.5 cm³/mol. The first-order valence-electron chi connectivity index (χ1n) is 5.37. The van der Waals surface area contributed by atoms with Gasteiger partial charge >= 0.3 is 0 Å². The Labute approximate surface area is 125 Å². The molecule has 0 aliphatic heterocycles. The SMILES string of the molecule is Cc1c(Cl)cccc1Nc1nc(NN)c(Cl)cc1Cl. The number of hydrogen-bond acceptors (Lipinski definition) is 4. The highest BCUT2D eigenvalue weighted by molar-refractivity contribution is 6.37. The van der Waals surface area contributed by atoms with Gasteiger partial charge in [-0.3, -0.25) is 0 Å². The monoisotopic (exact) mass is 316 g/mol. The number of hydrazine groups is 1. The van der Waals surface area contributed by atoms with Crippen LogP contribution in [0.4, 0.5) is 17.3 Å². The van der Waals surface area contributed by atoms with E-state index in [1.807, 2.05) is 25.1 Å². The van der Waals surface area contributed by atoms with Crippen molar-refractivity contribution in [2.75, 3.05) is 10.7 Å². The van der Waals surface area contributed by atoms with Crippen LogP contribution in [0.2, 0.25) is 15.1 Å². The molecule has 0 atom stereocenters. The van der Waals surface area contributed by atoms with E-state index in [1.165, 1.54) is 0 Å². The van der Waals surface area contributed by atoms with E-state index < -0.39 is 0 Å². The quantitative estimate of drug-likeness (QED) is 0.580. The standard InChI is InChI=1S/C12H11Cl3N4/c1-6-7(13)3-2-4-10(6)17-11-8(14)5-9(15)12(18-11)19-16/h2-5H,16H2,1H3,(H2,17,18,19). The van der Waals surface area contributed by atoms with E-state index in [0.29, 0.717) is 26.7 Å². The van der Waals surface area contributed by atoms with E-state index in [1.54, 1.807) is 6.07 Å². The van der Waals surface area contributed by atoms with Crippen LogP contribution in [0.15, 0.2) is 24.3 Å². The first-order valence-corrected chi connectivity index (χ1v) is 6.51. The van der Waals surface area contributed by atoms with Crippen LogP contribution < -0.4 is 16.6 Å². The number of rotatable bonds is 3. The number of hydrogen-bond donors (Lipinski definition) is 3. The summed E-state index contributed by atoms with van der Waals surface area (Å²) in [6, 6.07) is 7.09. The van der Waals surface area contributed by atoms with Gasteiger partial charge in [0.05, 0.1) is 10.0 Å². The second-order valence-electron chi connectivity index (χ2n) is 3.83. The number of anilines is 3. The van der Waals surface area contributed by atoms with Crippen molar-refractivity contribution in [3.63, 3.8) is 0 Å². The smallest absolute Gasteiger partial charge is 0.161 e. The fourth-order valence-corrected chi connectivity index (χ4v) is 2.16. The van der Waals surface area contributed by atoms with Crippen LogP contribution >= 0.6 is 34.8 Å². The Kier molecular flexibility index (Phi) is 4.37.